The summed E-state index contributed by atoms with van der Waals surface area (Å²) in [6, 6.07) is 4.85. The molecule has 0 spiro atoms. The molecule has 0 saturated carbocycles. The number of ketones is 1. The average Bonchev–Trinajstić information content (AvgIpc) is 2.53. The second-order valence-corrected chi connectivity index (χ2v) is 5.60. The number of carbonyl (C=O) groups excluding carboxylic acids is 2. The molecule has 4 rings (SSSR count). The van der Waals surface area contributed by atoms with Crippen molar-refractivity contribution in [3.8, 4) is 11.5 Å². The van der Waals surface area contributed by atoms with Crippen LogP contribution in [0.1, 0.15) is 30.9 Å². The third kappa shape index (κ3) is 2.11. The number of urea groups is 1. The van der Waals surface area contributed by atoms with Gasteiger partial charge in [-0.25, -0.2) is 4.79 Å². The molecule has 0 saturated heterocycles. The van der Waals surface area contributed by atoms with Crippen molar-refractivity contribution in [2.45, 2.75) is 25.3 Å². The molecule has 0 aromatic heterocycles. The topological polar surface area (TPSA) is 76.7 Å². The molecule has 0 radical (unpaired) electrons. The number of allylic oxidation sites excluding steroid dienone is 1. The Balaban J connectivity index is 1.77. The molecule has 2 N–H and O–H groups in total. The maximum atomic E-state index is 12.3. The van der Waals surface area contributed by atoms with Crippen LogP contribution in [-0.4, -0.2) is 25.0 Å². The van der Waals surface area contributed by atoms with Crippen LogP contribution in [0.4, 0.5) is 4.79 Å². The largest absolute Gasteiger partial charge is 0.486 e. The summed E-state index contributed by atoms with van der Waals surface area (Å²) in [5.41, 5.74) is 2.25. The van der Waals surface area contributed by atoms with Crippen molar-refractivity contribution in [3.05, 3.63) is 35.0 Å². The van der Waals surface area contributed by atoms with Crippen LogP contribution in [0.15, 0.2) is 29.5 Å². The lowest BCUT2D eigenvalue weighted by Crippen LogP contribution is -2.46. The molecule has 2 aliphatic heterocycles. The highest BCUT2D eigenvalue weighted by Gasteiger charge is 2.34. The summed E-state index contributed by atoms with van der Waals surface area (Å²) in [7, 11) is 0. The Morgan fingerprint density at radius 3 is 2.73 bits per heavy atom. The minimum atomic E-state index is -0.424. The quantitative estimate of drug-likeness (QED) is 0.829. The first-order valence-electron chi connectivity index (χ1n) is 7.46. The summed E-state index contributed by atoms with van der Waals surface area (Å²) < 4.78 is 11.1. The Bertz CT molecular complexity index is 695. The number of hydrogen-bond acceptors (Lipinski definition) is 4. The van der Waals surface area contributed by atoms with Crippen LogP contribution in [-0.2, 0) is 4.79 Å². The van der Waals surface area contributed by atoms with Crippen molar-refractivity contribution >= 4 is 11.8 Å². The summed E-state index contributed by atoms with van der Waals surface area (Å²) in [6.45, 7) is 1.03. The van der Waals surface area contributed by atoms with E-state index < -0.39 is 6.04 Å². The van der Waals surface area contributed by atoms with Crippen LogP contribution in [0.3, 0.4) is 0 Å². The van der Waals surface area contributed by atoms with Crippen LogP contribution in [0.25, 0.3) is 0 Å². The lowest BCUT2D eigenvalue weighted by Gasteiger charge is -2.32. The van der Waals surface area contributed by atoms with Gasteiger partial charge in [0, 0.05) is 17.7 Å². The number of benzene rings is 1. The minimum absolute atomic E-state index is 0.0913. The molecule has 1 aromatic carbocycles. The smallest absolute Gasteiger partial charge is 0.319 e. The first-order chi connectivity index (χ1) is 10.7. The Morgan fingerprint density at radius 2 is 1.86 bits per heavy atom. The minimum Gasteiger partial charge on any atom is -0.486 e. The number of Topliss-reactive ketones (excluding diaryl/α,β-unsaturated/α-hetero) is 1. The zero-order valence-corrected chi connectivity index (χ0v) is 12.0. The van der Waals surface area contributed by atoms with Gasteiger partial charge < -0.3 is 20.1 Å². The Kier molecular flexibility index (Phi) is 3.03. The molecule has 6 heteroatoms. The molecule has 22 heavy (non-hydrogen) atoms. The normalized spacial score (nSPS) is 23.5. The average molecular weight is 300 g/mol. The zero-order valence-electron chi connectivity index (χ0n) is 12.0. The molecular weight excluding hydrogens is 284 g/mol. The van der Waals surface area contributed by atoms with Crippen molar-refractivity contribution < 1.29 is 19.1 Å². The third-order valence-corrected chi connectivity index (χ3v) is 4.18. The predicted octanol–water partition coefficient (Wildman–Crippen LogP) is 1.82. The van der Waals surface area contributed by atoms with Gasteiger partial charge >= 0.3 is 6.03 Å². The standard InChI is InChI=1S/C16H16N2O4/c19-11-3-1-2-10-14(11)15(18-16(20)17-10)9-4-5-12-13(8-9)22-7-6-21-12/h4-5,8,15H,1-3,6-7H2,(H2,17,18,20)/t15-/m0/s1. The van der Waals surface area contributed by atoms with Crippen LogP contribution in [0, 0.1) is 0 Å². The number of ether oxygens (including phenoxy) is 2. The van der Waals surface area contributed by atoms with Crippen molar-refractivity contribution in [1.29, 1.82) is 0 Å². The van der Waals surface area contributed by atoms with Gasteiger partial charge in [-0.2, -0.15) is 0 Å². The molecule has 2 heterocycles. The molecule has 3 aliphatic rings. The van der Waals surface area contributed by atoms with Gasteiger partial charge in [-0.05, 0) is 30.5 Å². The van der Waals surface area contributed by atoms with Gasteiger partial charge in [0.05, 0.1) is 6.04 Å². The second-order valence-electron chi connectivity index (χ2n) is 5.60. The molecule has 2 amide bonds. The Morgan fingerprint density at radius 1 is 1.05 bits per heavy atom. The molecular formula is C16H16N2O4. The molecule has 114 valence electrons. The molecule has 0 unspecified atom stereocenters. The van der Waals surface area contributed by atoms with Crippen molar-refractivity contribution in [3.63, 3.8) is 0 Å². The third-order valence-electron chi connectivity index (χ3n) is 4.18. The molecule has 1 atom stereocenters. The maximum absolute atomic E-state index is 12.3. The van der Waals surface area contributed by atoms with E-state index in [1.54, 1.807) is 0 Å². The Hall–Kier alpha value is -2.50. The van der Waals surface area contributed by atoms with E-state index in [2.05, 4.69) is 10.6 Å². The van der Waals surface area contributed by atoms with E-state index in [0.717, 1.165) is 24.1 Å². The number of hydrogen-bond donors (Lipinski definition) is 2. The van der Waals surface area contributed by atoms with Crippen LogP contribution >= 0.6 is 0 Å². The van der Waals surface area contributed by atoms with Gasteiger partial charge in [0.15, 0.2) is 17.3 Å². The first-order valence-corrected chi connectivity index (χ1v) is 7.46. The van der Waals surface area contributed by atoms with Crippen molar-refractivity contribution in [1.82, 2.24) is 10.6 Å². The highest BCUT2D eigenvalue weighted by atomic mass is 16.6. The molecule has 1 aliphatic carbocycles. The van der Waals surface area contributed by atoms with E-state index in [1.807, 2.05) is 18.2 Å². The maximum Gasteiger partial charge on any atom is 0.319 e. The van der Waals surface area contributed by atoms with Gasteiger partial charge in [-0.15, -0.1) is 0 Å². The van der Waals surface area contributed by atoms with Gasteiger partial charge in [-0.3, -0.25) is 4.79 Å². The van der Waals surface area contributed by atoms with E-state index >= 15 is 0 Å². The molecule has 0 fully saturated rings. The van der Waals surface area contributed by atoms with Gasteiger partial charge in [0.25, 0.3) is 0 Å². The number of carbonyl (C=O) groups is 2. The summed E-state index contributed by atoms with van der Waals surface area (Å²) in [4.78, 5) is 24.2. The monoisotopic (exact) mass is 300 g/mol. The number of nitrogens with one attached hydrogen (secondary N) is 2. The lowest BCUT2D eigenvalue weighted by molar-refractivity contribution is -0.116. The summed E-state index contributed by atoms with van der Waals surface area (Å²) in [5, 5.41) is 5.61. The highest BCUT2D eigenvalue weighted by Crippen LogP contribution is 2.37. The van der Waals surface area contributed by atoms with E-state index in [9.17, 15) is 9.59 Å². The second kappa shape index (κ2) is 5.05. The van der Waals surface area contributed by atoms with Crippen molar-refractivity contribution in [2.24, 2.45) is 0 Å². The highest BCUT2D eigenvalue weighted by molar-refractivity contribution is 6.01. The van der Waals surface area contributed by atoms with Crippen LogP contribution in [0.2, 0.25) is 0 Å². The number of amides is 2. The van der Waals surface area contributed by atoms with E-state index in [4.69, 9.17) is 9.47 Å². The van der Waals surface area contributed by atoms with Crippen LogP contribution in [0.5, 0.6) is 11.5 Å². The summed E-state index contributed by atoms with van der Waals surface area (Å²) >= 11 is 0. The fraction of sp³-hybridized carbons (Fsp3) is 0.375. The first kappa shape index (κ1) is 13.2. The van der Waals surface area contributed by atoms with E-state index in [0.29, 0.717) is 36.7 Å². The SMILES string of the molecule is O=C1NC2=C(C(=O)CCC2)[C@H](c2ccc3c(c2)OCCO3)N1. The molecule has 1 aromatic rings. The lowest BCUT2D eigenvalue weighted by atomic mass is 9.85. The van der Waals surface area contributed by atoms with Crippen LogP contribution < -0.4 is 20.1 Å². The van der Waals surface area contributed by atoms with E-state index in [-0.39, 0.29) is 11.8 Å². The summed E-state index contributed by atoms with van der Waals surface area (Å²) in [5.74, 6) is 1.44. The van der Waals surface area contributed by atoms with Gasteiger partial charge in [0.1, 0.15) is 13.2 Å². The molecule has 6 nitrogen and oxygen atoms in total. The fourth-order valence-electron chi connectivity index (χ4n) is 3.19. The zero-order chi connectivity index (χ0) is 15.1. The van der Waals surface area contributed by atoms with Gasteiger partial charge in [-0.1, -0.05) is 6.07 Å². The van der Waals surface area contributed by atoms with Crippen molar-refractivity contribution in [2.75, 3.05) is 13.2 Å². The number of fused-ring (bicyclic) bond motifs is 1. The van der Waals surface area contributed by atoms with E-state index in [1.165, 1.54) is 0 Å². The predicted molar refractivity (Wildman–Crippen MR) is 77.7 cm³/mol. The fourth-order valence-corrected chi connectivity index (χ4v) is 3.19. The molecule has 0 bridgehead atoms. The summed E-state index contributed by atoms with van der Waals surface area (Å²) in [6.07, 6.45) is 2.04. The number of rotatable bonds is 1. The Labute approximate surface area is 127 Å². The van der Waals surface area contributed by atoms with Gasteiger partial charge in [0.2, 0.25) is 0 Å².